The van der Waals surface area contributed by atoms with Crippen molar-refractivity contribution in [1.29, 1.82) is 0 Å². The van der Waals surface area contributed by atoms with Gasteiger partial charge in [0.25, 0.3) is 0 Å². The van der Waals surface area contributed by atoms with E-state index in [0.29, 0.717) is 0 Å². The molecule has 3 rings (SSSR count). The van der Waals surface area contributed by atoms with Crippen LogP contribution in [-0.4, -0.2) is 63.4 Å². The van der Waals surface area contributed by atoms with Gasteiger partial charge in [0.15, 0.2) is 9.84 Å². The van der Waals surface area contributed by atoms with Crippen molar-refractivity contribution in [1.82, 2.24) is 10.2 Å². The smallest absolute Gasteiger partial charge is 0.246 e. The molecule has 1 unspecified atom stereocenters. The van der Waals surface area contributed by atoms with Crippen LogP contribution in [0.2, 0.25) is 0 Å². The number of carbonyl (C=O) groups excluding carboxylic acids is 2. The Balaban J connectivity index is 1.80. The van der Waals surface area contributed by atoms with Gasteiger partial charge in [-0.05, 0) is 30.4 Å². The van der Waals surface area contributed by atoms with Gasteiger partial charge in [0.05, 0.1) is 29.5 Å². The molecule has 1 aliphatic heterocycles. The number of rotatable bonds is 5. The lowest BCUT2D eigenvalue weighted by molar-refractivity contribution is -0.137. The van der Waals surface area contributed by atoms with Crippen LogP contribution in [-0.2, 0) is 30.6 Å². The van der Waals surface area contributed by atoms with Crippen LogP contribution < -0.4 is 5.32 Å². The SMILES string of the molecule is COCC(=O)N[C@@H]1CS(=O)(=O)C[C@H]1C(=O)N(C)C1CCCc2ccccc21. The van der Waals surface area contributed by atoms with Crippen molar-refractivity contribution in [2.45, 2.75) is 31.3 Å². The van der Waals surface area contributed by atoms with Crippen molar-refractivity contribution in [3.8, 4) is 0 Å². The minimum absolute atomic E-state index is 0.0684. The van der Waals surface area contributed by atoms with Crippen LogP contribution >= 0.6 is 0 Å². The number of sulfone groups is 1. The highest BCUT2D eigenvalue weighted by molar-refractivity contribution is 7.91. The Morgan fingerprint density at radius 1 is 1.26 bits per heavy atom. The van der Waals surface area contributed by atoms with E-state index < -0.39 is 27.7 Å². The van der Waals surface area contributed by atoms with E-state index in [0.717, 1.165) is 24.8 Å². The lowest BCUT2D eigenvalue weighted by Crippen LogP contribution is -2.48. The number of hydrogen-bond donors (Lipinski definition) is 1. The fourth-order valence-electron chi connectivity index (χ4n) is 4.16. The molecule has 1 fully saturated rings. The summed E-state index contributed by atoms with van der Waals surface area (Å²) < 4.78 is 29.1. The minimum atomic E-state index is -3.38. The number of amides is 2. The second-order valence-electron chi connectivity index (χ2n) is 7.35. The molecule has 0 radical (unpaired) electrons. The van der Waals surface area contributed by atoms with Gasteiger partial charge in [0.1, 0.15) is 6.61 Å². The number of carbonyl (C=O) groups is 2. The van der Waals surface area contributed by atoms with Gasteiger partial charge >= 0.3 is 0 Å². The second-order valence-corrected chi connectivity index (χ2v) is 9.50. The van der Waals surface area contributed by atoms with Crippen LogP contribution in [0.5, 0.6) is 0 Å². The first-order valence-electron chi connectivity index (χ1n) is 9.15. The van der Waals surface area contributed by atoms with Crippen LogP contribution in [0.15, 0.2) is 24.3 Å². The van der Waals surface area contributed by atoms with Crippen LogP contribution in [0.3, 0.4) is 0 Å². The summed E-state index contributed by atoms with van der Waals surface area (Å²) in [6, 6.07) is 7.28. The van der Waals surface area contributed by atoms with E-state index in [1.54, 1.807) is 11.9 Å². The van der Waals surface area contributed by atoms with Gasteiger partial charge in [-0.25, -0.2) is 8.42 Å². The van der Waals surface area contributed by atoms with Gasteiger partial charge in [0, 0.05) is 14.2 Å². The number of ether oxygens (including phenoxy) is 1. The Hall–Kier alpha value is -1.93. The molecule has 2 aliphatic rings. The van der Waals surface area contributed by atoms with E-state index in [-0.39, 0.29) is 30.1 Å². The highest BCUT2D eigenvalue weighted by atomic mass is 32.2. The van der Waals surface area contributed by atoms with E-state index in [2.05, 4.69) is 11.4 Å². The summed E-state index contributed by atoms with van der Waals surface area (Å²) in [6.45, 7) is -0.163. The lowest BCUT2D eigenvalue weighted by atomic mass is 9.86. The zero-order chi connectivity index (χ0) is 19.6. The first-order chi connectivity index (χ1) is 12.8. The van der Waals surface area contributed by atoms with E-state index in [1.807, 2.05) is 18.2 Å². The monoisotopic (exact) mass is 394 g/mol. The van der Waals surface area contributed by atoms with Crippen LogP contribution in [0.25, 0.3) is 0 Å². The summed E-state index contributed by atoms with van der Waals surface area (Å²) in [5, 5.41) is 2.65. The Bertz CT molecular complexity index is 823. The van der Waals surface area contributed by atoms with Crippen molar-refractivity contribution in [2.75, 3.05) is 32.3 Å². The normalized spacial score (nSPS) is 26.2. The number of fused-ring (bicyclic) bond motifs is 1. The zero-order valence-corrected chi connectivity index (χ0v) is 16.5. The third kappa shape index (κ3) is 4.32. The third-order valence-corrected chi connectivity index (χ3v) is 7.18. The molecule has 1 aliphatic carbocycles. The highest BCUT2D eigenvalue weighted by Crippen LogP contribution is 2.35. The van der Waals surface area contributed by atoms with Crippen molar-refractivity contribution < 1.29 is 22.7 Å². The van der Waals surface area contributed by atoms with Gasteiger partial charge in [-0.15, -0.1) is 0 Å². The molecule has 2 amide bonds. The van der Waals surface area contributed by atoms with Crippen molar-refractivity contribution in [3.63, 3.8) is 0 Å². The summed E-state index contributed by atoms with van der Waals surface area (Å²) in [6.07, 6.45) is 2.82. The molecular weight excluding hydrogens is 368 g/mol. The zero-order valence-electron chi connectivity index (χ0n) is 15.7. The molecule has 27 heavy (non-hydrogen) atoms. The molecule has 0 bridgehead atoms. The van der Waals surface area contributed by atoms with Gasteiger partial charge in [0.2, 0.25) is 11.8 Å². The Kier molecular flexibility index (Phi) is 5.86. The van der Waals surface area contributed by atoms with E-state index in [9.17, 15) is 18.0 Å². The molecule has 0 saturated carbocycles. The first-order valence-corrected chi connectivity index (χ1v) is 11.0. The number of benzene rings is 1. The topological polar surface area (TPSA) is 92.8 Å². The second kappa shape index (κ2) is 7.98. The molecule has 1 aromatic rings. The quantitative estimate of drug-likeness (QED) is 0.794. The fraction of sp³-hybridized carbons (Fsp3) is 0.579. The molecule has 148 valence electrons. The van der Waals surface area contributed by atoms with Crippen LogP contribution in [0, 0.1) is 5.92 Å². The Morgan fingerprint density at radius 2 is 2.00 bits per heavy atom. The predicted octanol–water partition coefficient (Wildman–Crippen LogP) is 0.698. The molecule has 7 nitrogen and oxygen atoms in total. The largest absolute Gasteiger partial charge is 0.375 e. The summed E-state index contributed by atoms with van der Waals surface area (Å²) in [5.74, 6) is -1.87. The van der Waals surface area contributed by atoms with E-state index >= 15 is 0 Å². The van der Waals surface area contributed by atoms with Crippen molar-refractivity contribution >= 4 is 21.7 Å². The lowest BCUT2D eigenvalue weighted by Gasteiger charge is -2.35. The summed E-state index contributed by atoms with van der Waals surface area (Å²) in [4.78, 5) is 26.7. The molecule has 8 heteroatoms. The van der Waals surface area contributed by atoms with Gasteiger partial charge in [-0.2, -0.15) is 0 Å². The number of nitrogens with zero attached hydrogens (tertiary/aromatic N) is 1. The molecule has 0 aromatic heterocycles. The van der Waals surface area contributed by atoms with E-state index in [1.165, 1.54) is 12.7 Å². The van der Waals surface area contributed by atoms with Gasteiger partial charge in [-0.1, -0.05) is 24.3 Å². The standard InChI is InChI=1S/C19H26N2O5S/c1-21(17-9-5-7-13-6-3-4-8-14(13)17)19(23)15-11-27(24,25)12-16(15)20-18(22)10-26-2/h3-4,6,8,15-17H,5,7,9-12H2,1-2H3,(H,20,22)/t15-,16-,17?/m1/s1. The minimum Gasteiger partial charge on any atom is -0.375 e. The number of nitrogens with one attached hydrogen (secondary N) is 1. The summed E-state index contributed by atoms with van der Waals surface area (Å²) in [5.41, 5.74) is 2.36. The van der Waals surface area contributed by atoms with Crippen molar-refractivity contribution in [3.05, 3.63) is 35.4 Å². The average Bonchev–Trinajstić information content (AvgIpc) is 2.94. The average molecular weight is 394 g/mol. The number of methoxy groups -OCH3 is 1. The maximum atomic E-state index is 13.2. The molecule has 1 N–H and O–H groups in total. The molecule has 0 spiro atoms. The van der Waals surface area contributed by atoms with E-state index in [4.69, 9.17) is 4.74 Å². The molecule has 1 heterocycles. The van der Waals surface area contributed by atoms with Gasteiger partial charge < -0.3 is 15.0 Å². The number of hydrogen-bond acceptors (Lipinski definition) is 5. The Labute approximate surface area is 160 Å². The predicted molar refractivity (Wildman–Crippen MR) is 101 cm³/mol. The third-order valence-electron chi connectivity index (χ3n) is 5.44. The molecule has 1 saturated heterocycles. The highest BCUT2D eigenvalue weighted by Gasteiger charge is 2.45. The van der Waals surface area contributed by atoms with Gasteiger partial charge in [-0.3, -0.25) is 9.59 Å². The Morgan fingerprint density at radius 3 is 2.74 bits per heavy atom. The summed E-state index contributed by atoms with van der Waals surface area (Å²) in [7, 11) is -0.257. The maximum absolute atomic E-state index is 13.2. The summed E-state index contributed by atoms with van der Waals surface area (Å²) >= 11 is 0. The number of aryl methyl sites for hydroxylation is 1. The van der Waals surface area contributed by atoms with Crippen LogP contribution in [0.1, 0.15) is 30.0 Å². The fourth-order valence-corrected chi connectivity index (χ4v) is 6.08. The van der Waals surface area contributed by atoms with Crippen molar-refractivity contribution in [2.24, 2.45) is 5.92 Å². The first kappa shape index (κ1) is 19.8. The molecule has 1 aromatic carbocycles. The molecular formula is C19H26N2O5S. The van der Waals surface area contributed by atoms with Crippen LogP contribution in [0.4, 0.5) is 0 Å². The molecule has 3 atom stereocenters. The maximum Gasteiger partial charge on any atom is 0.246 e.